The molecule has 1 unspecified atom stereocenters. The summed E-state index contributed by atoms with van der Waals surface area (Å²) >= 11 is 0. The summed E-state index contributed by atoms with van der Waals surface area (Å²) in [5.74, 6) is -1.03. The van der Waals surface area contributed by atoms with E-state index in [0.717, 1.165) is 5.69 Å². The maximum atomic E-state index is 11.5. The Morgan fingerprint density at radius 1 is 1.09 bits per heavy atom. The van der Waals surface area contributed by atoms with Crippen LogP contribution in [-0.4, -0.2) is 30.8 Å². The molecule has 0 aliphatic heterocycles. The molecule has 0 aliphatic carbocycles. The van der Waals surface area contributed by atoms with Gasteiger partial charge < -0.3 is 5.11 Å². The van der Waals surface area contributed by atoms with Gasteiger partial charge in [0.1, 0.15) is 11.4 Å². The molecule has 3 rings (SSSR count). The topological polar surface area (TPSA) is 80.9 Å². The van der Waals surface area contributed by atoms with Crippen LogP contribution in [0.15, 0.2) is 54.9 Å². The number of rotatable bonds is 4. The molecule has 6 heteroatoms. The first-order valence-corrected chi connectivity index (χ1v) is 6.82. The Balaban J connectivity index is 2.07. The molecule has 3 aromatic rings. The van der Waals surface area contributed by atoms with E-state index in [1.807, 2.05) is 31.2 Å². The maximum Gasteiger partial charge on any atom is 0.354 e. The van der Waals surface area contributed by atoms with Gasteiger partial charge in [0.2, 0.25) is 0 Å². The van der Waals surface area contributed by atoms with Crippen LogP contribution < -0.4 is 0 Å². The van der Waals surface area contributed by atoms with Crippen molar-refractivity contribution >= 4 is 5.97 Å². The summed E-state index contributed by atoms with van der Waals surface area (Å²) < 4.78 is 1.47. The van der Waals surface area contributed by atoms with E-state index in [1.165, 1.54) is 10.7 Å². The van der Waals surface area contributed by atoms with E-state index >= 15 is 0 Å². The number of carboxylic acids is 1. The highest BCUT2D eigenvalue weighted by molar-refractivity contribution is 5.87. The lowest BCUT2D eigenvalue weighted by Gasteiger charge is -2.13. The molecule has 0 amide bonds. The van der Waals surface area contributed by atoms with Crippen molar-refractivity contribution in [1.29, 1.82) is 0 Å². The van der Waals surface area contributed by atoms with Gasteiger partial charge in [0.05, 0.1) is 17.4 Å². The molecule has 110 valence electrons. The zero-order chi connectivity index (χ0) is 15.5. The number of hydrogen-bond acceptors (Lipinski definition) is 4. The fourth-order valence-corrected chi connectivity index (χ4v) is 2.24. The largest absolute Gasteiger partial charge is 0.477 e. The lowest BCUT2D eigenvalue weighted by atomic mass is 10.2. The molecule has 0 radical (unpaired) electrons. The predicted octanol–water partition coefficient (Wildman–Crippen LogP) is 2.65. The van der Waals surface area contributed by atoms with E-state index < -0.39 is 5.97 Å². The molecule has 3 heterocycles. The molecule has 0 fully saturated rings. The fourth-order valence-electron chi connectivity index (χ4n) is 2.24. The number of carbonyl (C=O) groups is 1. The van der Waals surface area contributed by atoms with Crippen LogP contribution in [0.1, 0.15) is 29.1 Å². The smallest absolute Gasteiger partial charge is 0.354 e. The third-order valence-electron chi connectivity index (χ3n) is 3.36. The van der Waals surface area contributed by atoms with Gasteiger partial charge in [-0.15, -0.1) is 0 Å². The summed E-state index contributed by atoms with van der Waals surface area (Å²) in [6.07, 6.45) is 3.33. The van der Waals surface area contributed by atoms with Crippen LogP contribution >= 0.6 is 0 Å². The van der Waals surface area contributed by atoms with Crippen molar-refractivity contribution in [3.05, 3.63) is 66.2 Å². The highest BCUT2D eigenvalue weighted by Gasteiger charge is 2.21. The summed E-state index contributed by atoms with van der Waals surface area (Å²) in [7, 11) is 0. The van der Waals surface area contributed by atoms with E-state index in [0.29, 0.717) is 11.4 Å². The minimum atomic E-state index is -1.03. The molecular weight excluding hydrogens is 280 g/mol. The summed E-state index contributed by atoms with van der Waals surface area (Å²) in [5, 5.41) is 13.8. The first-order chi connectivity index (χ1) is 10.7. The van der Waals surface area contributed by atoms with Crippen LogP contribution in [0.25, 0.3) is 11.4 Å². The summed E-state index contributed by atoms with van der Waals surface area (Å²) in [6.45, 7) is 1.87. The monoisotopic (exact) mass is 294 g/mol. The Kier molecular flexibility index (Phi) is 3.65. The van der Waals surface area contributed by atoms with Crippen LogP contribution in [0.3, 0.4) is 0 Å². The SMILES string of the molecule is CC(c1ccccn1)n1nc(-c2ccccn2)cc1C(=O)O. The van der Waals surface area contributed by atoms with Gasteiger partial charge in [-0.3, -0.25) is 9.97 Å². The van der Waals surface area contributed by atoms with Crippen LogP contribution in [0.5, 0.6) is 0 Å². The van der Waals surface area contributed by atoms with Crippen molar-refractivity contribution in [2.24, 2.45) is 0 Å². The molecular formula is C16H14N4O2. The van der Waals surface area contributed by atoms with E-state index in [1.54, 1.807) is 24.5 Å². The average molecular weight is 294 g/mol. The second kappa shape index (κ2) is 5.77. The summed E-state index contributed by atoms with van der Waals surface area (Å²) in [4.78, 5) is 20.0. The molecule has 0 spiro atoms. The number of nitrogens with zero attached hydrogens (tertiary/aromatic N) is 4. The summed E-state index contributed by atoms with van der Waals surface area (Å²) in [5.41, 5.74) is 2.03. The lowest BCUT2D eigenvalue weighted by molar-refractivity contribution is 0.0682. The fraction of sp³-hybridized carbons (Fsp3) is 0.125. The van der Waals surface area contributed by atoms with Crippen molar-refractivity contribution in [3.63, 3.8) is 0 Å². The van der Waals surface area contributed by atoms with E-state index in [-0.39, 0.29) is 11.7 Å². The minimum Gasteiger partial charge on any atom is -0.477 e. The molecule has 0 aliphatic rings. The van der Waals surface area contributed by atoms with Crippen molar-refractivity contribution in [2.75, 3.05) is 0 Å². The Labute approximate surface area is 127 Å². The highest BCUT2D eigenvalue weighted by Crippen LogP contribution is 2.22. The molecule has 0 aromatic carbocycles. The Hall–Kier alpha value is -3.02. The Morgan fingerprint density at radius 2 is 1.82 bits per heavy atom. The van der Waals surface area contributed by atoms with Gasteiger partial charge in [-0.1, -0.05) is 12.1 Å². The molecule has 1 N–H and O–H groups in total. The Bertz CT molecular complexity index is 784. The molecule has 0 bridgehead atoms. The van der Waals surface area contributed by atoms with Crippen LogP contribution in [-0.2, 0) is 0 Å². The predicted molar refractivity (Wildman–Crippen MR) is 80.5 cm³/mol. The van der Waals surface area contributed by atoms with Gasteiger partial charge in [0.25, 0.3) is 0 Å². The van der Waals surface area contributed by atoms with Gasteiger partial charge in [-0.05, 0) is 31.2 Å². The van der Waals surface area contributed by atoms with Gasteiger partial charge >= 0.3 is 5.97 Å². The van der Waals surface area contributed by atoms with E-state index in [2.05, 4.69) is 15.1 Å². The van der Waals surface area contributed by atoms with Crippen molar-refractivity contribution < 1.29 is 9.90 Å². The molecule has 3 aromatic heterocycles. The standard InChI is InChI=1S/C16H14N4O2/c1-11(12-6-2-4-8-17-12)20-15(16(21)22)10-14(19-20)13-7-3-5-9-18-13/h2-11H,1H3,(H,21,22). The second-order valence-electron chi connectivity index (χ2n) is 4.81. The quantitative estimate of drug-likeness (QED) is 0.800. The Morgan fingerprint density at radius 3 is 2.41 bits per heavy atom. The third-order valence-corrected chi connectivity index (χ3v) is 3.36. The van der Waals surface area contributed by atoms with Gasteiger partial charge in [0, 0.05) is 18.5 Å². The number of pyridine rings is 2. The van der Waals surface area contributed by atoms with E-state index in [9.17, 15) is 9.90 Å². The lowest BCUT2D eigenvalue weighted by Crippen LogP contribution is -2.16. The number of carboxylic acid groups (broad SMARTS) is 1. The second-order valence-corrected chi connectivity index (χ2v) is 4.81. The number of aromatic carboxylic acids is 1. The number of aromatic nitrogens is 4. The van der Waals surface area contributed by atoms with Crippen LogP contribution in [0.2, 0.25) is 0 Å². The first kappa shape index (κ1) is 13.9. The molecule has 0 saturated heterocycles. The first-order valence-electron chi connectivity index (χ1n) is 6.82. The molecule has 1 atom stereocenters. The van der Waals surface area contributed by atoms with Crippen molar-refractivity contribution in [2.45, 2.75) is 13.0 Å². The number of hydrogen-bond donors (Lipinski definition) is 1. The zero-order valence-corrected chi connectivity index (χ0v) is 11.9. The molecule has 0 saturated carbocycles. The average Bonchev–Trinajstić information content (AvgIpc) is 3.01. The molecule has 6 nitrogen and oxygen atoms in total. The third kappa shape index (κ3) is 2.58. The van der Waals surface area contributed by atoms with Gasteiger partial charge in [0.15, 0.2) is 0 Å². The summed E-state index contributed by atoms with van der Waals surface area (Å²) in [6, 6.07) is 12.2. The van der Waals surface area contributed by atoms with Crippen LogP contribution in [0, 0.1) is 0 Å². The van der Waals surface area contributed by atoms with Crippen molar-refractivity contribution in [3.8, 4) is 11.4 Å². The minimum absolute atomic E-state index is 0.110. The van der Waals surface area contributed by atoms with Gasteiger partial charge in [-0.25, -0.2) is 9.48 Å². The van der Waals surface area contributed by atoms with E-state index in [4.69, 9.17) is 0 Å². The highest BCUT2D eigenvalue weighted by atomic mass is 16.4. The van der Waals surface area contributed by atoms with Gasteiger partial charge in [-0.2, -0.15) is 5.10 Å². The normalized spacial score (nSPS) is 12.0. The zero-order valence-electron chi connectivity index (χ0n) is 11.9. The maximum absolute atomic E-state index is 11.5. The van der Waals surface area contributed by atoms with Crippen molar-refractivity contribution in [1.82, 2.24) is 19.7 Å². The molecule has 22 heavy (non-hydrogen) atoms. The van der Waals surface area contributed by atoms with Crippen LogP contribution in [0.4, 0.5) is 0 Å².